The van der Waals surface area contributed by atoms with E-state index in [-0.39, 0.29) is 0 Å². The maximum absolute atomic E-state index is 5.47. The molecule has 0 amide bonds. The van der Waals surface area contributed by atoms with E-state index in [1.165, 1.54) is 5.56 Å². The second-order valence-electron chi connectivity index (χ2n) is 5.94. The van der Waals surface area contributed by atoms with E-state index in [1.54, 1.807) is 14.2 Å². The molecule has 24 heavy (non-hydrogen) atoms. The van der Waals surface area contributed by atoms with E-state index < -0.39 is 0 Å². The quantitative estimate of drug-likeness (QED) is 0.815. The fraction of sp³-hybridized carbons (Fsp3) is 0.421. The molecule has 128 valence electrons. The van der Waals surface area contributed by atoms with Crippen LogP contribution in [0.15, 0.2) is 42.6 Å². The Morgan fingerprint density at radius 2 is 1.83 bits per heavy atom. The molecule has 3 rings (SSSR count). The molecule has 1 aromatic heterocycles. The summed E-state index contributed by atoms with van der Waals surface area (Å²) in [6.45, 7) is 5.18. The number of aromatic nitrogens is 1. The molecule has 1 aliphatic rings. The van der Waals surface area contributed by atoms with E-state index in [1.807, 2.05) is 30.5 Å². The van der Waals surface area contributed by atoms with Crippen LogP contribution in [0.1, 0.15) is 5.56 Å². The van der Waals surface area contributed by atoms with Crippen molar-refractivity contribution in [2.75, 3.05) is 51.8 Å². The standard InChI is InChI=1S/C19H25N3O2/c1-23-17-6-7-18(24-2)16(15-17)8-10-21-11-13-22(14-12-21)19-5-3-4-9-20-19/h3-7,9,15H,8,10-14H2,1-2H3. The summed E-state index contributed by atoms with van der Waals surface area (Å²) < 4.78 is 10.8. The fourth-order valence-electron chi connectivity index (χ4n) is 3.10. The molecule has 0 bridgehead atoms. The normalized spacial score (nSPS) is 15.3. The second-order valence-corrected chi connectivity index (χ2v) is 5.94. The van der Waals surface area contributed by atoms with Gasteiger partial charge in [0.2, 0.25) is 0 Å². The van der Waals surface area contributed by atoms with Crippen molar-refractivity contribution in [3.8, 4) is 11.5 Å². The van der Waals surface area contributed by atoms with Gasteiger partial charge in [0.1, 0.15) is 17.3 Å². The zero-order chi connectivity index (χ0) is 16.8. The Hall–Kier alpha value is -2.27. The number of rotatable bonds is 6. The van der Waals surface area contributed by atoms with Crippen LogP contribution in [-0.2, 0) is 6.42 Å². The van der Waals surface area contributed by atoms with Crippen LogP contribution >= 0.6 is 0 Å². The van der Waals surface area contributed by atoms with Crippen molar-refractivity contribution in [3.63, 3.8) is 0 Å². The molecule has 0 unspecified atom stereocenters. The van der Waals surface area contributed by atoms with Crippen molar-refractivity contribution in [2.45, 2.75) is 6.42 Å². The predicted molar refractivity (Wildman–Crippen MR) is 96.1 cm³/mol. The van der Waals surface area contributed by atoms with Gasteiger partial charge in [0.15, 0.2) is 0 Å². The molecule has 1 fully saturated rings. The minimum Gasteiger partial charge on any atom is -0.497 e. The Morgan fingerprint density at radius 1 is 1.00 bits per heavy atom. The highest BCUT2D eigenvalue weighted by molar-refractivity contribution is 5.41. The molecular weight excluding hydrogens is 302 g/mol. The van der Waals surface area contributed by atoms with E-state index in [9.17, 15) is 0 Å². The lowest BCUT2D eigenvalue weighted by molar-refractivity contribution is 0.259. The van der Waals surface area contributed by atoms with Gasteiger partial charge >= 0.3 is 0 Å². The highest BCUT2D eigenvalue weighted by atomic mass is 16.5. The first-order chi connectivity index (χ1) is 11.8. The largest absolute Gasteiger partial charge is 0.497 e. The minimum atomic E-state index is 0.880. The molecule has 1 saturated heterocycles. The maximum atomic E-state index is 5.47. The van der Waals surface area contributed by atoms with Gasteiger partial charge in [-0.3, -0.25) is 4.90 Å². The third-order valence-corrected chi connectivity index (χ3v) is 4.53. The molecule has 0 spiro atoms. The van der Waals surface area contributed by atoms with Gasteiger partial charge in [-0.2, -0.15) is 0 Å². The zero-order valence-corrected chi connectivity index (χ0v) is 14.4. The van der Waals surface area contributed by atoms with Crippen LogP contribution in [0.3, 0.4) is 0 Å². The number of nitrogens with zero attached hydrogens (tertiary/aromatic N) is 3. The molecule has 0 atom stereocenters. The SMILES string of the molecule is COc1ccc(OC)c(CCN2CCN(c3ccccn3)CC2)c1. The first-order valence-corrected chi connectivity index (χ1v) is 8.39. The summed E-state index contributed by atoms with van der Waals surface area (Å²) in [5.74, 6) is 2.89. The lowest BCUT2D eigenvalue weighted by Gasteiger charge is -2.35. The Labute approximate surface area is 143 Å². The summed E-state index contributed by atoms with van der Waals surface area (Å²) >= 11 is 0. The van der Waals surface area contributed by atoms with Crippen LogP contribution < -0.4 is 14.4 Å². The molecule has 5 heteroatoms. The third-order valence-electron chi connectivity index (χ3n) is 4.53. The number of pyridine rings is 1. The molecule has 0 N–H and O–H groups in total. The average Bonchev–Trinajstić information content (AvgIpc) is 2.67. The van der Waals surface area contributed by atoms with Crippen molar-refractivity contribution in [3.05, 3.63) is 48.2 Å². The fourth-order valence-corrected chi connectivity index (χ4v) is 3.10. The van der Waals surface area contributed by atoms with E-state index in [0.717, 1.165) is 56.5 Å². The van der Waals surface area contributed by atoms with Crippen LogP contribution in [0.4, 0.5) is 5.82 Å². The van der Waals surface area contributed by atoms with Crippen LogP contribution in [0, 0.1) is 0 Å². The zero-order valence-electron chi connectivity index (χ0n) is 14.4. The van der Waals surface area contributed by atoms with E-state index in [0.29, 0.717) is 0 Å². The maximum Gasteiger partial charge on any atom is 0.128 e. The number of methoxy groups -OCH3 is 2. The molecule has 0 aliphatic carbocycles. The van der Waals surface area contributed by atoms with Crippen molar-refractivity contribution < 1.29 is 9.47 Å². The topological polar surface area (TPSA) is 37.8 Å². The van der Waals surface area contributed by atoms with Crippen LogP contribution in [0.5, 0.6) is 11.5 Å². The van der Waals surface area contributed by atoms with Crippen molar-refractivity contribution in [2.24, 2.45) is 0 Å². The summed E-state index contributed by atoms with van der Waals surface area (Å²) in [6, 6.07) is 12.1. The first kappa shape index (κ1) is 16.6. The van der Waals surface area contributed by atoms with Gasteiger partial charge in [-0.1, -0.05) is 6.07 Å². The Morgan fingerprint density at radius 3 is 2.50 bits per heavy atom. The minimum absolute atomic E-state index is 0.880. The predicted octanol–water partition coefficient (Wildman–Crippen LogP) is 2.46. The highest BCUT2D eigenvalue weighted by Gasteiger charge is 2.18. The molecule has 1 aromatic carbocycles. The average molecular weight is 327 g/mol. The Balaban J connectivity index is 1.54. The van der Waals surface area contributed by atoms with E-state index in [2.05, 4.69) is 26.9 Å². The summed E-state index contributed by atoms with van der Waals surface area (Å²) in [4.78, 5) is 9.29. The van der Waals surface area contributed by atoms with E-state index in [4.69, 9.17) is 9.47 Å². The van der Waals surface area contributed by atoms with E-state index >= 15 is 0 Å². The third kappa shape index (κ3) is 3.97. The molecule has 2 aromatic rings. The van der Waals surface area contributed by atoms with Gasteiger partial charge in [-0.05, 0) is 42.3 Å². The van der Waals surface area contributed by atoms with Crippen LogP contribution in [-0.4, -0.2) is 56.8 Å². The molecule has 5 nitrogen and oxygen atoms in total. The molecular formula is C19H25N3O2. The summed E-state index contributed by atoms with van der Waals surface area (Å²) in [7, 11) is 3.42. The van der Waals surface area contributed by atoms with Gasteiger partial charge in [-0.25, -0.2) is 4.98 Å². The Kier molecular flexibility index (Phi) is 5.54. The summed E-state index contributed by atoms with van der Waals surface area (Å²) in [5.41, 5.74) is 1.20. The van der Waals surface area contributed by atoms with Gasteiger partial charge in [0.25, 0.3) is 0 Å². The summed E-state index contributed by atoms with van der Waals surface area (Å²) in [6.07, 6.45) is 2.82. The van der Waals surface area contributed by atoms with Crippen LogP contribution in [0.2, 0.25) is 0 Å². The number of piperazine rings is 1. The van der Waals surface area contributed by atoms with Crippen molar-refractivity contribution >= 4 is 5.82 Å². The molecule has 0 radical (unpaired) electrons. The first-order valence-electron chi connectivity index (χ1n) is 8.39. The van der Waals surface area contributed by atoms with Crippen LogP contribution in [0.25, 0.3) is 0 Å². The molecule has 2 heterocycles. The van der Waals surface area contributed by atoms with Gasteiger partial charge in [-0.15, -0.1) is 0 Å². The van der Waals surface area contributed by atoms with Gasteiger partial charge in [0.05, 0.1) is 14.2 Å². The highest BCUT2D eigenvalue weighted by Crippen LogP contribution is 2.24. The second kappa shape index (κ2) is 8.02. The number of ether oxygens (including phenoxy) is 2. The van der Waals surface area contributed by atoms with Gasteiger partial charge < -0.3 is 14.4 Å². The monoisotopic (exact) mass is 327 g/mol. The smallest absolute Gasteiger partial charge is 0.128 e. The van der Waals surface area contributed by atoms with Gasteiger partial charge in [0, 0.05) is 38.9 Å². The van der Waals surface area contributed by atoms with Crippen molar-refractivity contribution in [1.82, 2.24) is 9.88 Å². The lowest BCUT2D eigenvalue weighted by Crippen LogP contribution is -2.47. The summed E-state index contributed by atoms with van der Waals surface area (Å²) in [5, 5.41) is 0. The van der Waals surface area contributed by atoms with Crippen molar-refractivity contribution in [1.29, 1.82) is 0 Å². The molecule has 0 saturated carbocycles. The molecule has 1 aliphatic heterocycles. The number of hydrogen-bond donors (Lipinski definition) is 0. The number of hydrogen-bond acceptors (Lipinski definition) is 5. The number of anilines is 1. The number of benzene rings is 1. The lowest BCUT2D eigenvalue weighted by atomic mass is 10.1. The Bertz CT molecular complexity index is 640.